The van der Waals surface area contributed by atoms with Crippen LogP contribution < -0.4 is 0 Å². The summed E-state index contributed by atoms with van der Waals surface area (Å²) >= 11 is 0.892. The molecule has 3 rings (SSSR count). The van der Waals surface area contributed by atoms with E-state index >= 15 is 0 Å². The van der Waals surface area contributed by atoms with Gasteiger partial charge in [-0.3, -0.25) is 19.3 Å². The highest BCUT2D eigenvalue weighted by Crippen LogP contribution is 2.31. The maximum atomic E-state index is 12.5. The van der Waals surface area contributed by atoms with Crippen LogP contribution in [0.5, 0.6) is 0 Å². The van der Waals surface area contributed by atoms with E-state index in [2.05, 4.69) is 0 Å². The third kappa shape index (κ3) is 4.20. The third-order valence-electron chi connectivity index (χ3n) is 4.18. The van der Waals surface area contributed by atoms with Crippen molar-refractivity contribution in [2.75, 3.05) is 19.6 Å². The van der Waals surface area contributed by atoms with Crippen molar-refractivity contribution in [2.45, 2.75) is 19.8 Å². The van der Waals surface area contributed by atoms with E-state index < -0.39 is 0 Å². The van der Waals surface area contributed by atoms with Crippen molar-refractivity contribution in [1.29, 1.82) is 0 Å². The van der Waals surface area contributed by atoms with Gasteiger partial charge in [-0.2, -0.15) is 0 Å². The average molecular weight is 356 g/mol. The van der Waals surface area contributed by atoms with Crippen LogP contribution in [0.4, 0.5) is 4.79 Å². The second kappa shape index (κ2) is 7.70. The molecule has 5 nitrogen and oxygen atoms in total. The van der Waals surface area contributed by atoms with Gasteiger partial charge in [0.2, 0.25) is 5.91 Å². The fraction of sp³-hybridized carbons (Fsp3) is 0.316. The van der Waals surface area contributed by atoms with Gasteiger partial charge in [0.15, 0.2) is 0 Å². The lowest BCUT2D eigenvalue weighted by Gasteiger charge is -2.18. The molecule has 0 N–H and O–H groups in total. The first kappa shape index (κ1) is 17.5. The van der Waals surface area contributed by atoms with Crippen LogP contribution in [-0.2, 0) is 9.59 Å². The second-order valence-electron chi connectivity index (χ2n) is 6.15. The van der Waals surface area contributed by atoms with Crippen LogP contribution in [0.25, 0.3) is 6.08 Å². The van der Waals surface area contributed by atoms with Gasteiger partial charge in [0.05, 0.1) is 4.91 Å². The lowest BCUT2D eigenvalue weighted by atomic mass is 10.1. The third-order valence-corrected chi connectivity index (χ3v) is 5.09. The van der Waals surface area contributed by atoms with Gasteiger partial charge in [-0.15, -0.1) is 0 Å². The molecule has 0 aliphatic carbocycles. The molecule has 0 aromatic heterocycles. The summed E-state index contributed by atoms with van der Waals surface area (Å²) in [5, 5.41) is -0.378. The minimum atomic E-state index is -0.386. The predicted octanol–water partition coefficient (Wildman–Crippen LogP) is 3.29. The SMILES string of the molecule is CC(/C=C1\SC(=O)N(CC(=O)N2CCCC2)C1=O)=C\c1ccccc1. The zero-order valence-corrected chi connectivity index (χ0v) is 14.9. The number of thioether (sulfide) groups is 1. The molecule has 2 heterocycles. The molecule has 0 spiro atoms. The Bertz CT molecular complexity index is 749. The van der Waals surface area contributed by atoms with Crippen LogP contribution in [0, 0.1) is 0 Å². The van der Waals surface area contributed by atoms with Crippen LogP contribution in [0.3, 0.4) is 0 Å². The molecule has 2 saturated heterocycles. The number of carbonyl (C=O) groups is 3. The fourth-order valence-electron chi connectivity index (χ4n) is 2.90. The molecule has 1 aromatic rings. The van der Waals surface area contributed by atoms with Crippen molar-refractivity contribution in [3.63, 3.8) is 0 Å². The van der Waals surface area contributed by atoms with E-state index in [4.69, 9.17) is 0 Å². The van der Waals surface area contributed by atoms with Crippen molar-refractivity contribution in [2.24, 2.45) is 0 Å². The van der Waals surface area contributed by atoms with Crippen molar-refractivity contribution >= 4 is 34.9 Å². The summed E-state index contributed by atoms with van der Waals surface area (Å²) in [6, 6.07) is 9.76. The van der Waals surface area contributed by atoms with Gasteiger partial charge in [0.25, 0.3) is 11.1 Å². The Morgan fingerprint density at radius 1 is 1.16 bits per heavy atom. The molecular weight excluding hydrogens is 336 g/mol. The molecule has 1 aromatic carbocycles. The number of imide groups is 1. The van der Waals surface area contributed by atoms with E-state index in [1.165, 1.54) is 0 Å². The van der Waals surface area contributed by atoms with Gasteiger partial charge in [-0.1, -0.05) is 36.4 Å². The monoisotopic (exact) mass is 356 g/mol. The van der Waals surface area contributed by atoms with Crippen molar-refractivity contribution in [3.05, 3.63) is 52.4 Å². The van der Waals surface area contributed by atoms with Crippen LogP contribution in [0.1, 0.15) is 25.3 Å². The quantitative estimate of drug-likeness (QED) is 0.777. The van der Waals surface area contributed by atoms with Gasteiger partial charge in [0.1, 0.15) is 6.54 Å². The number of nitrogens with zero attached hydrogens (tertiary/aromatic N) is 2. The summed E-state index contributed by atoms with van der Waals surface area (Å²) in [6.45, 7) is 3.15. The molecule has 2 aliphatic heterocycles. The van der Waals surface area contributed by atoms with E-state index in [0.29, 0.717) is 18.0 Å². The maximum absolute atomic E-state index is 12.5. The lowest BCUT2D eigenvalue weighted by Crippen LogP contribution is -2.40. The molecule has 25 heavy (non-hydrogen) atoms. The van der Waals surface area contributed by atoms with Crippen LogP contribution in [0.15, 0.2) is 46.9 Å². The summed E-state index contributed by atoms with van der Waals surface area (Å²) in [5.41, 5.74) is 1.90. The molecule has 0 radical (unpaired) electrons. The average Bonchev–Trinajstić information content (AvgIpc) is 3.21. The molecule has 0 unspecified atom stereocenters. The first-order chi connectivity index (χ1) is 12.0. The molecule has 130 valence electrons. The second-order valence-corrected chi connectivity index (χ2v) is 7.15. The van der Waals surface area contributed by atoms with Crippen LogP contribution >= 0.6 is 11.8 Å². The standard InChI is InChI=1S/C19H20N2O3S/c1-14(11-15-7-3-2-4-8-15)12-16-18(23)21(19(24)25-16)13-17(22)20-9-5-6-10-20/h2-4,7-8,11-12H,5-6,9-10,13H2,1H3/b14-11+,16-12-. The highest BCUT2D eigenvalue weighted by molar-refractivity contribution is 8.18. The minimum absolute atomic E-state index is 0.155. The number of rotatable bonds is 4. The minimum Gasteiger partial charge on any atom is -0.341 e. The first-order valence-electron chi connectivity index (χ1n) is 8.31. The Labute approximate surface area is 151 Å². The molecule has 3 amide bonds. The molecule has 6 heteroatoms. The van der Waals surface area contributed by atoms with E-state index in [1.807, 2.05) is 43.3 Å². The largest absolute Gasteiger partial charge is 0.341 e. The maximum Gasteiger partial charge on any atom is 0.294 e. The molecular formula is C19H20N2O3S. The normalized spacial score (nSPS) is 20.0. The number of amides is 3. The van der Waals surface area contributed by atoms with Gasteiger partial charge in [0, 0.05) is 13.1 Å². The van der Waals surface area contributed by atoms with E-state index in [0.717, 1.165) is 40.6 Å². The number of allylic oxidation sites excluding steroid dienone is 2. The Kier molecular flexibility index (Phi) is 5.38. The summed E-state index contributed by atoms with van der Waals surface area (Å²) in [6.07, 6.45) is 5.62. The van der Waals surface area contributed by atoms with E-state index in [1.54, 1.807) is 11.0 Å². The fourth-order valence-corrected chi connectivity index (χ4v) is 3.79. The number of hydrogen-bond acceptors (Lipinski definition) is 4. The molecule has 2 aliphatic rings. The van der Waals surface area contributed by atoms with Crippen molar-refractivity contribution in [1.82, 2.24) is 9.80 Å². The van der Waals surface area contributed by atoms with E-state index in [-0.39, 0.29) is 23.6 Å². The Morgan fingerprint density at radius 2 is 1.84 bits per heavy atom. The summed E-state index contributed by atoms with van der Waals surface area (Å²) in [7, 11) is 0. The lowest BCUT2D eigenvalue weighted by molar-refractivity contribution is -0.135. The Balaban J connectivity index is 1.70. The zero-order valence-electron chi connectivity index (χ0n) is 14.1. The molecule has 0 bridgehead atoms. The number of likely N-dealkylation sites (tertiary alicyclic amines) is 1. The molecule has 2 fully saturated rings. The van der Waals surface area contributed by atoms with Gasteiger partial charge in [-0.25, -0.2) is 0 Å². The zero-order chi connectivity index (χ0) is 17.8. The topological polar surface area (TPSA) is 57.7 Å². The summed E-state index contributed by atoms with van der Waals surface area (Å²) in [4.78, 5) is 39.9. The van der Waals surface area contributed by atoms with E-state index in [9.17, 15) is 14.4 Å². The Hall–Kier alpha value is -2.34. The highest BCUT2D eigenvalue weighted by Gasteiger charge is 2.37. The highest BCUT2D eigenvalue weighted by atomic mass is 32.2. The number of benzene rings is 1. The number of hydrogen-bond donors (Lipinski definition) is 0. The van der Waals surface area contributed by atoms with Gasteiger partial charge >= 0.3 is 0 Å². The van der Waals surface area contributed by atoms with Gasteiger partial charge in [-0.05, 0) is 48.7 Å². The molecule has 0 saturated carbocycles. The van der Waals surface area contributed by atoms with Crippen molar-refractivity contribution < 1.29 is 14.4 Å². The number of carbonyl (C=O) groups excluding carboxylic acids is 3. The van der Waals surface area contributed by atoms with Gasteiger partial charge < -0.3 is 4.90 Å². The summed E-state index contributed by atoms with van der Waals surface area (Å²) in [5.74, 6) is -0.541. The van der Waals surface area contributed by atoms with Crippen LogP contribution in [0.2, 0.25) is 0 Å². The molecule has 0 atom stereocenters. The predicted molar refractivity (Wildman–Crippen MR) is 98.7 cm³/mol. The van der Waals surface area contributed by atoms with Crippen molar-refractivity contribution in [3.8, 4) is 0 Å². The first-order valence-corrected chi connectivity index (χ1v) is 9.13. The van der Waals surface area contributed by atoms with Crippen LogP contribution in [-0.4, -0.2) is 46.5 Å². The summed E-state index contributed by atoms with van der Waals surface area (Å²) < 4.78 is 0. The Morgan fingerprint density at radius 3 is 2.52 bits per heavy atom. The smallest absolute Gasteiger partial charge is 0.294 e.